The summed E-state index contributed by atoms with van der Waals surface area (Å²) < 4.78 is 4.82. The minimum absolute atomic E-state index is 0.318. The van der Waals surface area contributed by atoms with Gasteiger partial charge in [0.05, 0.1) is 0 Å². The van der Waals surface area contributed by atoms with Gasteiger partial charge in [-0.2, -0.15) is 0 Å². The number of esters is 1. The average Bonchev–Trinajstić information content (AvgIpc) is 2.67. The van der Waals surface area contributed by atoms with Crippen LogP contribution in [0, 0.1) is 0 Å². The van der Waals surface area contributed by atoms with Gasteiger partial charge in [0.1, 0.15) is 6.54 Å². The summed E-state index contributed by atoms with van der Waals surface area (Å²) in [5.74, 6) is -1.53. The summed E-state index contributed by atoms with van der Waals surface area (Å²) in [5.41, 5.74) is 1.28. The summed E-state index contributed by atoms with van der Waals surface area (Å²) in [6.07, 6.45) is 0.517. The second kappa shape index (κ2) is 10.5. The van der Waals surface area contributed by atoms with Gasteiger partial charge in [-0.1, -0.05) is 47.5 Å². The minimum atomic E-state index is -0.699. The lowest BCUT2D eigenvalue weighted by atomic mass is 10.1. The average molecular weight is 409 g/mol. The first-order valence-electron chi connectivity index (χ1n) is 8.15. The highest BCUT2D eigenvalue weighted by Crippen LogP contribution is 2.20. The van der Waals surface area contributed by atoms with Crippen LogP contribution in [0.15, 0.2) is 48.5 Å². The van der Waals surface area contributed by atoms with Crippen LogP contribution in [0.3, 0.4) is 0 Å². The van der Waals surface area contributed by atoms with Crippen LogP contribution in [0.4, 0.5) is 0 Å². The Balaban J connectivity index is 1.63. The van der Waals surface area contributed by atoms with E-state index in [1.54, 1.807) is 48.5 Å². The largest absolute Gasteiger partial charge is 0.454 e. The molecule has 27 heavy (non-hydrogen) atoms. The van der Waals surface area contributed by atoms with Crippen molar-refractivity contribution in [2.24, 2.45) is 0 Å². The van der Waals surface area contributed by atoms with Crippen LogP contribution in [0.2, 0.25) is 10.0 Å². The molecule has 0 fully saturated rings. The summed E-state index contributed by atoms with van der Waals surface area (Å²) in [7, 11) is 0. The zero-order valence-electron chi connectivity index (χ0n) is 14.3. The van der Waals surface area contributed by atoms with E-state index in [4.69, 9.17) is 27.9 Å². The Bertz CT molecular complexity index is 813. The number of amides is 2. The fraction of sp³-hybridized carbons (Fsp3) is 0.211. The molecule has 0 saturated heterocycles. The molecule has 0 aliphatic heterocycles. The number of halogens is 2. The predicted molar refractivity (Wildman–Crippen MR) is 103 cm³/mol. The monoisotopic (exact) mass is 408 g/mol. The number of nitrogens with one attached hydrogen (secondary N) is 2. The van der Waals surface area contributed by atoms with Crippen molar-refractivity contribution in [1.82, 2.24) is 10.6 Å². The van der Waals surface area contributed by atoms with Gasteiger partial charge in [0.25, 0.3) is 11.8 Å². The molecule has 0 aromatic heterocycles. The van der Waals surface area contributed by atoms with E-state index in [9.17, 15) is 14.4 Å². The number of benzene rings is 2. The van der Waals surface area contributed by atoms with E-state index in [1.165, 1.54) is 0 Å². The molecule has 2 N–H and O–H groups in total. The molecule has 2 amide bonds. The normalized spacial score (nSPS) is 10.1. The van der Waals surface area contributed by atoms with Gasteiger partial charge in [0.2, 0.25) is 0 Å². The van der Waals surface area contributed by atoms with E-state index in [0.717, 1.165) is 5.56 Å². The molecule has 0 radical (unpaired) electrons. The van der Waals surface area contributed by atoms with Gasteiger partial charge in [-0.3, -0.25) is 14.4 Å². The summed E-state index contributed by atoms with van der Waals surface area (Å²) in [5, 5.41) is 6.12. The molecule has 0 heterocycles. The van der Waals surface area contributed by atoms with Crippen molar-refractivity contribution in [3.63, 3.8) is 0 Å². The number of carbonyl (C=O) groups is 3. The lowest BCUT2D eigenvalue weighted by molar-refractivity contribution is -0.147. The Labute approximate surface area is 166 Å². The molecule has 0 unspecified atom stereocenters. The molecule has 0 aliphatic carbocycles. The molecule has 8 heteroatoms. The van der Waals surface area contributed by atoms with E-state index in [0.29, 0.717) is 28.6 Å². The fourth-order valence-electron chi connectivity index (χ4n) is 2.15. The molecular weight excluding hydrogens is 391 g/mol. The smallest absolute Gasteiger partial charge is 0.325 e. The van der Waals surface area contributed by atoms with Gasteiger partial charge < -0.3 is 15.4 Å². The standard InChI is InChI=1S/C19H18Cl2N2O4/c20-15-7-6-13(16(21)10-15)8-9-22-17(24)12-27-18(25)11-23-19(26)14-4-2-1-3-5-14/h1-7,10H,8-9,11-12H2,(H,22,24)(H,23,26). The first-order valence-corrected chi connectivity index (χ1v) is 8.91. The van der Waals surface area contributed by atoms with Crippen molar-refractivity contribution < 1.29 is 19.1 Å². The number of hydrogen-bond donors (Lipinski definition) is 2. The van der Waals surface area contributed by atoms with Gasteiger partial charge in [0.15, 0.2) is 6.61 Å². The highest BCUT2D eigenvalue weighted by molar-refractivity contribution is 6.35. The molecule has 2 rings (SSSR count). The fourth-order valence-corrected chi connectivity index (χ4v) is 2.66. The molecule has 2 aromatic carbocycles. The third-order valence-electron chi connectivity index (χ3n) is 3.53. The zero-order valence-corrected chi connectivity index (χ0v) is 15.8. The molecule has 0 saturated carbocycles. The van der Waals surface area contributed by atoms with Crippen molar-refractivity contribution in [2.75, 3.05) is 19.7 Å². The number of carbonyl (C=O) groups excluding carboxylic acids is 3. The molecule has 0 aliphatic rings. The highest BCUT2D eigenvalue weighted by atomic mass is 35.5. The maximum atomic E-state index is 11.8. The van der Waals surface area contributed by atoms with E-state index >= 15 is 0 Å². The van der Waals surface area contributed by atoms with Crippen LogP contribution in [0.5, 0.6) is 0 Å². The first-order chi connectivity index (χ1) is 13.0. The van der Waals surface area contributed by atoms with Crippen LogP contribution in [-0.2, 0) is 20.7 Å². The van der Waals surface area contributed by atoms with Gasteiger partial charge in [0, 0.05) is 22.2 Å². The van der Waals surface area contributed by atoms with Gasteiger partial charge >= 0.3 is 5.97 Å². The first kappa shape index (κ1) is 20.7. The van der Waals surface area contributed by atoms with Crippen LogP contribution in [0.25, 0.3) is 0 Å². The van der Waals surface area contributed by atoms with E-state index in [2.05, 4.69) is 10.6 Å². The molecule has 0 bridgehead atoms. The number of hydrogen-bond acceptors (Lipinski definition) is 4. The van der Waals surface area contributed by atoms with Gasteiger partial charge in [-0.05, 0) is 36.2 Å². The summed E-state index contributed by atoms with van der Waals surface area (Å²) >= 11 is 11.9. The topological polar surface area (TPSA) is 84.5 Å². The van der Waals surface area contributed by atoms with E-state index < -0.39 is 24.4 Å². The Morgan fingerprint density at radius 2 is 1.70 bits per heavy atom. The second-order valence-corrected chi connectivity index (χ2v) is 6.39. The summed E-state index contributed by atoms with van der Waals surface area (Å²) in [4.78, 5) is 35.1. The minimum Gasteiger partial charge on any atom is -0.454 e. The molecule has 6 nitrogen and oxygen atoms in total. The van der Waals surface area contributed by atoms with Crippen LogP contribution < -0.4 is 10.6 Å². The summed E-state index contributed by atoms with van der Waals surface area (Å²) in [6, 6.07) is 13.6. The predicted octanol–water partition coefficient (Wildman–Crippen LogP) is 2.63. The second-order valence-electron chi connectivity index (χ2n) is 5.55. The Kier molecular flexibility index (Phi) is 8.10. The Morgan fingerprint density at radius 1 is 0.963 bits per heavy atom. The lowest BCUT2D eigenvalue weighted by Gasteiger charge is -2.08. The maximum absolute atomic E-state index is 11.8. The lowest BCUT2D eigenvalue weighted by Crippen LogP contribution is -2.34. The molecule has 0 spiro atoms. The van der Waals surface area contributed by atoms with Crippen LogP contribution in [-0.4, -0.2) is 37.5 Å². The molecular formula is C19H18Cl2N2O4. The third-order valence-corrected chi connectivity index (χ3v) is 4.11. The highest BCUT2D eigenvalue weighted by Gasteiger charge is 2.10. The van der Waals surface area contributed by atoms with Crippen molar-refractivity contribution >= 4 is 41.0 Å². The van der Waals surface area contributed by atoms with Gasteiger partial charge in [-0.25, -0.2) is 0 Å². The van der Waals surface area contributed by atoms with Crippen LogP contribution in [0.1, 0.15) is 15.9 Å². The van der Waals surface area contributed by atoms with Crippen molar-refractivity contribution in [3.8, 4) is 0 Å². The Hall–Kier alpha value is -2.57. The maximum Gasteiger partial charge on any atom is 0.325 e. The zero-order chi connectivity index (χ0) is 19.6. The quantitative estimate of drug-likeness (QED) is 0.657. The van der Waals surface area contributed by atoms with Crippen molar-refractivity contribution in [1.29, 1.82) is 0 Å². The third kappa shape index (κ3) is 7.29. The van der Waals surface area contributed by atoms with Crippen molar-refractivity contribution in [3.05, 3.63) is 69.7 Å². The van der Waals surface area contributed by atoms with Gasteiger partial charge in [-0.15, -0.1) is 0 Å². The number of ether oxygens (including phenoxy) is 1. The SMILES string of the molecule is O=C(COC(=O)CNC(=O)c1ccccc1)NCCc1ccc(Cl)cc1Cl. The summed E-state index contributed by atoms with van der Waals surface area (Å²) in [6.45, 7) is -0.405. The number of rotatable bonds is 8. The molecule has 0 atom stereocenters. The van der Waals surface area contributed by atoms with Crippen LogP contribution >= 0.6 is 23.2 Å². The van der Waals surface area contributed by atoms with Crippen molar-refractivity contribution in [2.45, 2.75) is 6.42 Å². The van der Waals surface area contributed by atoms with E-state index in [1.807, 2.05) is 0 Å². The molecule has 142 valence electrons. The molecule has 2 aromatic rings. The Morgan fingerprint density at radius 3 is 2.41 bits per heavy atom. The van der Waals surface area contributed by atoms with E-state index in [-0.39, 0.29) is 6.54 Å².